The number of aliphatic hydroxyl groups is 1. The second kappa shape index (κ2) is 9.87. The Morgan fingerprint density at radius 1 is 1.26 bits per heavy atom. The van der Waals surface area contributed by atoms with Gasteiger partial charge in [0.25, 0.3) is 5.91 Å². The van der Waals surface area contributed by atoms with Gasteiger partial charge in [0.05, 0.1) is 17.4 Å². The molecule has 2 aliphatic rings. The summed E-state index contributed by atoms with van der Waals surface area (Å²) in [6.07, 6.45) is 0.785. The van der Waals surface area contributed by atoms with Crippen molar-refractivity contribution in [2.45, 2.75) is 58.8 Å². The number of β-amino-alcohol motifs (C(OH)–C–C–N with tert-alkyl or cyclic N) is 1. The fourth-order valence-corrected chi connectivity index (χ4v) is 4.92. The quantitative estimate of drug-likeness (QED) is 0.666. The molecule has 1 fully saturated rings. The standard InChI is InChI=1S/C25H33ClFN5O3/c1-25(2,3)21(24(35)31-11-8-16(33)13-31)29-23(34)20-19-14-30(4)9-5-10-32(19)22(28-20)17-12-15(26)6-7-18(17)27/h6-7,12,16,21,33H,5,8-11,13-14H2,1-4H3,(H,29,34). The molecule has 0 saturated carbocycles. The zero-order chi connectivity index (χ0) is 25.5. The molecule has 2 aliphatic heterocycles. The van der Waals surface area contributed by atoms with Gasteiger partial charge in [-0.25, -0.2) is 9.37 Å². The minimum absolute atomic E-state index is 0.177. The van der Waals surface area contributed by atoms with Crippen molar-refractivity contribution >= 4 is 23.4 Å². The van der Waals surface area contributed by atoms with E-state index in [1.807, 2.05) is 32.4 Å². The van der Waals surface area contributed by atoms with Gasteiger partial charge < -0.3 is 24.8 Å². The summed E-state index contributed by atoms with van der Waals surface area (Å²) in [7, 11) is 1.96. The van der Waals surface area contributed by atoms with Crippen molar-refractivity contribution in [2.24, 2.45) is 5.41 Å². The number of benzene rings is 1. The third kappa shape index (κ3) is 5.37. The minimum Gasteiger partial charge on any atom is -0.391 e. The van der Waals surface area contributed by atoms with Crippen LogP contribution in [0.25, 0.3) is 11.4 Å². The van der Waals surface area contributed by atoms with Crippen LogP contribution in [0.2, 0.25) is 5.02 Å². The highest BCUT2D eigenvalue weighted by Gasteiger charge is 2.39. The van der Waals surface area contributed by atoms with Gasteiger partial charge in [-0.05, 0) is 50.0 Å². The van der Waals surface area contributed by atoms with Crippen molar-refractivity contribution in [3.8, 4) is 11.4 Å². The molecule has 1 aromatic heterocycles. The van der Waals surface area contributed by atoms with E-state index in [1.54, 1.807) is 4.90 Å². The van der Waals surface area contributed by atoms with E-state index in [1.165, 1.54) is 18.2 Å². The van der Waals surface area contributed by atoms with E-state index in [0.29, 0.717) is 42.6 Å². The number of halogens is 2. The maximum Gasteiger partial charge on any atom is 0.272 e. The number of nitrogens with one attached hydrogen (secondary N) is 1. The van der Waals surface area contributed by atoms with Crippen LogP contribution in [0.5, 0.6) is 0 Å². The molecule has 0 radical (unpaired) electrons. The number of fused-ring (bicyclic) bond motifs is 1. The summed E-state index contributed by atoms with van der Waals surface area (Å²) < 4.78 is 16.7. The second-order valence-corrected chi connectivity index (χ2v) is 11.0. The molecular formula is C25H33ClFN5O3. The van der Waals surface area contributed by atoms with Crippen molar-refractivity contribution in [1.82, 2.24) is 24.7 Å². The van der Waals surface area contributed by atoms with Gasteiger partial charge in [0.15, 0.2) is 5.69 Å². The monoisotopic (exact) mass is 505 g/mol. The van der Waals surface area contributed by atoms with Crippen molar-refractivity contribution < 1.29 is 19.1 Å². The fraction of sp³-hybridized carbons (Fsp3) is 0.560. The van der Waals surface area contributed by atoms with Crippen LogP contribution in [-0.4, -0.2) is 75.1 Å². The average molecular weight is 506 g/mol. The van der Waals surface area contributed by atoms with Crippen LogP contribution in [0.15, 0.2) is 18.2 Å². The largest absolute Gasteiger partial charge is 0.391 e. The van der Waals surface area contributed by atoms with Gasteiger partial charge in [-0.15, -0.1) is 0 Å². The predicted octanol–water partition coefficient (Wildman–Crippen LogP) is 2.92. The molecule has 1 aromatic carbocycles. The second-order valence-electron chi connectivity index (χ2n) is 10.6. The highest BCUT2D eigenvalue weighted by atomic mass is 35.5. The topological polar surface area (TPSA) is 90.7 Å². The smallest absolute Gasteiger partial charge is 0.272 e. The van der Waals surface area contributed by atoms with Crippen molar-refractivity contribution in [2.75, 3.05) is 26.7 Å². The van der Waals surface area contributed by atoms with Gasteiger partial charge in [-0.3, -0.25) is 9.59 Å². The number of aromatic nitrogens is 2. The molecule has 2 unspecified atom stereocenters. The molecule has 0 aliphatic carbocycles. The van der Waals surface area contributed by atoms with Crippen molar-refractivity contribution in [3.63, 3.8) is 0 Å². The Morgan fingerprint density at radius 3 is 2.66 bits per heavy atom. The number of rotatable bonds is 4. The molecule has 2 N–H and O–H groups in total. The van der Waals surface area contributed by atoms with Crippen LogP contribution in [0.1, 0.15) is 49.8 Å². The van der Waals surface area contributed by atoms with E-state index in [2.05, 4.69) is 15.2 Å². The Bertz CT molecular complexity index is 1130. The number of carbonyl (C=O) groups excluding carboxylic acids is 2. The third-order valence-electron chi connectivity index (χ3n) is 6.66. The SMILES string of the molecule is CN1CCCn2c(-c3cc(Cl)ccc3F)nc(C(=O)NC(C(=O)N3CCC(O)C3)C(C)(C)C)c2C1. The number of amides is 2. The van der Waals surface area contributed by atoms with Crippen molar-refractivity contribution in [1.29, 1.82) is 0 Å². The van der Waals surface area contributed by atoms with Gasteiger partial charge in [0, 0.05) is 31.2 Å². The molecule has 3 heterocycles. The molecule has 2 atom stereocenters. The van der Waals surface area contributed by atoms with Crippen LogP contribution in [0, 0.1) is 11.2 Å². The van der Waals surface area contributed by atoms with E-state index < -0.39 is 29.3 Å². The average Bonchev–Trinajstić information content (AvgIpc) is 3.31. The first-order valence-corrected chi connectivity index (χ1v) is 12.3. The zero-order valence-corrected chi connectivity index (χ0v) is 21.4. The van der Waals surface area contributed by atoms with Crippen LogP contribution in [0.4, 0.5) is 4.39 Å². The van der Waals surface area contributed by atoms with E-state index in [-0.39, 0.29) is 23.7 Å². The Morgan fingerprint density at radius 2 is 2.00 bits per heavy atom. The summed E-state index contributed by atoms with van der Waals surface area (Å²) in [5.41, 5.74) is 0.511. The van der Waals surface area contributed by atoms with E-state index in [4.69, 9.17) is 11.6 Å². The lowest BCUT2D eigenvalue weighted by Gasteiger charge is -2.33. The number of hydrogen-bond acceptors (Lipinski definition) is 5. The summed E-state index contributed by atoms with van der Waals surface area (Å²) in [5.74, 6) is -0.833. The molecule has 35 heavy (non-hydrogen) atoms. The van der Waals surface area contributed by atoms with Crippen LogP contribution in [-0.2, 0) is 17.9 Å². The molecule has 0 spiro atoms. The molecule has 190 valence electrons. The van der Waals surface area contributed by atoms with E-state index >= 15 is 0 Å². The molecular weight excluding hydrogens is 473 g/mol. The van der Waals surface area contributed by atoms with Crippen molar-refractivity contribution in [3.05, 3.63) is 40.4 Å². The van der Waals surface area contributed by atoms with Gasteiger partial charge in [0.1, 0.15) is 17.7 Å². The first-order valence-electron chi connectivity index (χ1n) is 12.0. The normalized spacial score (nSPS) is 19.9. The lowest BCUT2D eigenvalue weighted by atomic mass is 9.85. The molecule has 4 rings (SSSR count). The summed E-state index contributed by atoms with van der Waals surface area (Å²) in [5, 5.41) is 13.2. The lowest BCUT2D eigenvalue weighted by molar-refractivity contribution is -0.135. The highest BCUT2D eigenvalue weighted by Crippen LogP contribution is 2.30. The molecule has 10 heteroatoms. The molecule has 2 aromatic rings. The maximum atomic E-state index is 14.8. The number of hydrogen-bond donors (Lipinski definition) is 2. The van der Waals surface area contributed by atoms with Gasteiger partial charge in [-0.2, -0.15) is 0 Å². The Labute approximate surface area is 210 Å². The highest BCUT2D eigenvalue weighted by molar-refractivity contribution is 6.30. The fourth-order valence-electron chi connectivity index (χ4n) is 4.75. The number of imidazole rings is 1. The summed E-state index contributed by atoms with van der Waals surface area (Å²) in [4.78, 5) is 35.2. The number of nitrogens with zero attached hydrogens (tertiary/aromatic N) is 4. The van der Waals surface area contributed by atoms with Gasteiger partial charge in [-0.1, -0.05) is 32.4 Å². The molecule has 0 bridgehead atoms. The molecule has 1 saturated heterocycles. The maximum absolute atomic E-state index is 14.8. The number of likely N-dealkylation sites (tertiary alicyclic amines) is 1. The third-order valence-corrected chi connectivity index (χ3v) is 6.90. The first kappa shape index (κ1) is 25.6. The minimum atomic E-state index is -0.812. The first-order chi connectivity index (χ1) is 16.5. The zero-order valence-electron chi connectivity index (χ0n) is 20.6. The summed E-state index contributed by atoms with van der Waals surface area (Å²) in [6.45, 7) is 8.22. The van der Waals surface area contributed by atoms with Crippen LogP contribution in [0.3, 0.4) is 0 Å². The number of aliphatic hydroxyl groups excluding tert-OH is 1. The molecule has 8 nitrogen and oxygen atoms in total. The Kier molecular flexibility index (Phi) is 7.22. The lowest BCUT2D eigenvalue weighted by Crippen LogP contribution is -2.54. The summed E-state index contributed by atoms with van der Waals surface area (Å²) in [6, 6.07) is 3.47. The predicted molar refractivity (Wildman–Crippen MR) is 131 cm³/mol. The van der Waals surface area contributed by atoms with Gasteiger partial charge >= 0.3 is 0 Å². The van der Waals surface area contributed by atoms with Crippen LogP contribution >= 0.6 is 11.6 Å². The van der Waals surface area contributed by atoms with E-state index in [0.717, 1.165) is 13.0 Å². The molecule has 2 amide bonds. The van der Waals surface area contributed by atoms with Gasteiger partial charge in [0.2, 0.25) is 5.91 Å². The summed E-state index contributed by atoms with van der Waals surface area (Å²) >= 11 is 6.15. The Hall–Kier alpha value is -2.49. The van der Waals surface area contributed by atoms with Crippen LogP contribution < -0.4 is 5.32 Å². The Balaban J connectivity index is 1.72. The number of carbonyl (C=O) groups is 2. The van der Waals surface area contributed by atoms with E-state index in [9.17, 15) is 19.1 Å².